The van der Waals surface area contributed by atoms with Crippen LogP contribution in [0.5, 0.6) is 0 Å². The van der Waals surface area contributed by atoms with E-state index in [0.29, 0.717) is 6.42 Å². The minimum atomic E-state index is -4.04. The Kier molecular flexibility index (Phi) is 6.23. The second-order valence-electron chi connectivity index (χ2n) is 6.31. The van der Waals surface area contributed by atoms with E-state index in [0.717, 1.165) is 15.3 Å². The number of nitrogens with zero attached hydrogens (tertiary/aromatic N) is 2. The molecule has 8 heteroatoms. The van der Waals surface area contributed by atoms with Gasteiger partial charge in [0.1, 0.15) is 0 Å². The first-order valence-electron chi connectivity index (χ1n) is 8.71. The van der Waals surface area contributed by atoms with Gasteiger partial charge in [0.05, 0.1) is 4.92 Å². The molecule has 1 heterocycles. The minimum Gasteiger partial charge on any atom is -0.258 e. The molecule has 0 fully saturated rings. The Bertz CT molecular complexity index is 1060. The van der Waals surface area contributed by atoms with Gasteiger partial charge >= 0.3 is 0 Å². The van der Waals surface area contributed by atoms with Gasteiger partial charge in [-0.15, -0.1) is 11.3 Å². The van der Waals surface area contributed by atoms with Gasteiger partial charge in [0.25, 0.3) is 5.69 Å². The maximum Gasteiger partial charge on any atom is 0.289 e. The summed E-state index contributed by atoms with van der Waals surface area (Å²) >= 11 is 1.52. The van der Waals surface area contributed by atoms with Crippen LogP contribution in [0.3, 0.4) is 0 Å². The smallest absolute Gasteiger partial charge is 0.258 e. The van der Waals surface area contributed by atoms with E-state index in [2.05, 4.69) is 0 Å². The van der Waals surface area contributed by atoms with Crippen LogP contribution in [0, 0.1) is 17.0 Å². The summed E-state index contributed by atoms with van der Waals surface area (Å²) < 4.78 is 28.0. The van der Waals surface area contributed by atoms with Crippen molar-refractivity contribution >= 4 is 27.0 Å². The Morgan fingerprint density at radius 1 is 1.00 bits per heavy atom. The van der Waals surface area contributed by atoms with E-state index in [1.165, 1.54) is 39.9 Å². The van der Waals surface area contributed by atoms with Crippen LogP contribution in [0.2, 0.25) is 0 Å². The molecule has 0 saturated heterocycles. The van der Waals surface area contributed by atoms with Gasteiger partial charge in [-0.3, -0.25) is 10.1 Å². The maximum atomic E-state index is 13.3. The second kappa shape index (κ2) is 8.64. The third-order valence-electron chi connectivity index (χ3n) is 4.30. The van der Waals surface area contributed by atoms with Crippen molar-refractivity contribution in [2.75, 3.05) is 6.54 Å². The van der Waals surface area contributed by atoms with Crippen LogP contribution in [0.1, 0.15) is 15.3 Å². The highest BCUT2D eigenvalue weighted by molar-refractivity contribution is 7.89. The zero-order valence-corrected chi connectivity index (χ0v) is 16.9. The molecular weight excluding hydrogens is 396 g/mol. The van der Waals surface area contributed by atoms with E-state index >= 15 is 0 Å². The largest absolute Gasteiger partial charge is 0.289 e. The topological polar surface area (TPSA) is 80.5 Å². The highest BCUT2D eigenvalue weighted by atomic mass is 32.2. The molecule has 0 aliphatic carbocycles. The molecule has 146 valence electrons. The van der Waals surface area contributed by atoms with Crippen LogP contribution in [-0.4, -0.2) is 24.2 Å². The monoisotopic (exact) mass is 416 g/mol. The summed E-state index contributed by atoms with van der Waals surface area (Å²) in [5, 5.41) is 11.4. The van der Waals surface area contributed by atoms with Gasteiger partial charge in [-0.1, -0.05) is 42.5 Å². The Morgan fingerprint density at radius 3 is 2.32 bits per heavy atom. The van der Waals surface area contributed by atoms with Gasteiger partial charge in [-0.2, -0.15) is 4.31 Å². The first-order chi connectivity index (χ1) is 13.4. The predicted molar refractivity (Wildman–Crippen MR) is 110 cm³/mol. The van der Waals surface area contributed by atoms with Crippen molar-refractivity contribution in [1.29, 1.82) is 0 Å². The van der Waals surface area contributed by atoms with E-state index in [-0.39, 0.29) is 18.0 Å². The number of para-hydroxylation sites is 1. The summed E-state index contributed by atoms with van der Waals surface area (Å²) in [6, 6.07) is 18.9. The zero-order valence-electron chi connectivity index (χ0n) is 15.3. The Hall–Kier alpha value is -2.55. The molecule has 0 bridgehead atoms. The van der Waals surface area contributed by atoms with Crippen molar-refractivity contribution in [2.45, 2.75) is 24.8 Å². The highest BCUT2D eigenvalue weighted by Crippen LogP contribution is 2.28. The summed E-state index contributed by atoms with van der Waals surface area (Å²) in [4.78, 5) is 12.4. The fraction of sp³-hybridized carbons (Fsp3) is 0.200. The minimum absolute atomic E-state index is 0.180. The van der Waals surface area contributed by atoms with Crippen molar-refractivity contribution in [3.63, 3.8) is 0 Å². The SMILES string of the molecule is Cc1ccc(CN(CCc2ccccc2)S(=O)(=O)c2ccccc2[N+](=O)[O-])s1. The number of benzene rings is 2. The van der Waals surface area contributed by atoms with Crippen molar-refractivity contribution < 1.29 is 13.3 Å². The molecule has 0 unspecified atom stereocenters. The Labute approximate surface area is 168 Å². The molecule has 3 rings (SSSR count). The normalized spacial score (nSPS) is 11.6. The number of rotatable bonds is 8. The second-order valence-corrected chi connectivity index (χ2v) is 9.59. The number of hydrogen-bond donors (Lipinski definition) is 0. The Morgan fingerprint density at radius 2 is 1.68 bits per heavy atom. The summed E-state index contributed by atoms with van der Waals surface area (Å²) in [7, 11) is -4.04. The molecule has 0 saturated carbocycles. The van der Waals surface area contributed by atoms with E-state index < -0.39 is 20.6 Å². The molecule has 3 aromatic rings. The number of hydrogen-bond acceptors (Lipinski definition) is 5. The molecule has 0 aliphatic rings. The Balaban J connectivity index is 1.95. The molecule has 28 heavy (non-hydrogen) atoms. The van der Waals surface area contributed by atoms with Crippen LogP contribution >= 0.6 is 11.3 Å². The van der Waals surface area contributed by atoms with Crippen molar-refractivity contribution in [1.82, 2.24) is 4.31 Å². The van der Waals surface area contributed by atoms with Gasteiger partial charge in [-0.25, -0.2) is 8.42 Å². The number of sulfonamides is 1. The van der Waals surface area contributed by atoms with E-state index in [4.69, 9.17) is 0 Å². The van der Waals surface area contributed by atoms with Gasteiger partial charge in [0.2, 0.25) is 10.0 Å². The summed E-state index contributed by atoms with van der Waals surface area (Å²) in [6.07, 6.45) is 0.519. The third-order valence-corrected chi connectivity index (χ3v) is 7.18. The summed E-state index contributed by atoms with van der Waals surface area (Å²) in [6.45, 7) is 2.37. The van der Waals surface area contributed by atoms with E-state index in [9.17, 15) is 18.5 Å². The summed E-state index contributed by atoms with van der Waals surface area (Å²) in [5.74, 6) is 0. The van der Waals surface area contributed by atoms with E-state index in [1.54, 1.807) is 0 Å². The molecule has 0 aliphatic heterocycles. The van der Waals surface area contributed by atoms with Gasteiger partial charge in [0.15, 0.2) is 4.90 Å². The molecule has 0 spiro atoms. The van der Waals surface area contributed by atoms with E-state index in [1.807, 2.05) is 49.4 Å². The number of thiophene rings is 1. The molecule has 0 amide bonds. The first-order valence-corrected chi connectivity index (χ1v) is 11.0. The van der Waals surface area contributed by atoms with Crippen molar-refractivity contribution in [3.05, 3.63) is 92.2 Å². The number of nitro groups is 1. The lowest BCUT2D eigenvalue weighted by Gasteiger charge is -2.21. The highest BCUT2D eigenvalue weighted by Gasteiger charge is 2.31. The molecule has 1 aromatic heterocycles. The molecular formula is C20H20N2O4S2. The fourth-order valence-electron chi connectivity index (χ4n) is 2.89. The van der Waals surface area contributed by atoms with Crippen LogP contribution < -0.4 is 0 Å². The summed E-state index contributed by atoms with van der Waals surface area (Å²) in [5.41, 5.74) is 0.599. The average Bonchev–Trinajstić information content (AvgIpc) is 3.10. The first kappa shape index (κ1) is 20.2. The van der Waals surface area contributed by atoms with Crippen LogP contribution in [0.15, 0.2) is 71.6 Å². The lowest BCUT2D eigenvalue weighted by atomic mass is 10.1. The van der Waals surface area contributed by atoms with Crippen LogP contribution in [-0.2, 0) is 23.0 Å². The molecule has 0 N–H and O–H groups in total. The molecule has 0 radical (unpaired) electrons. The van der Waals surface area contributed by atoms with Gasteiger partial charge in [-0.05, 0) is 37.1 Å². The standard InChI is InChI=1S/C20H20N2O4S2/c1-16-11-12-18(27-16)15-21(14-13-17-7-3-2-4-8-17)28(25,26)20-10-6-5-9-19(20)22(23)24/h2-12H,13-15H2,1H3. The molecule has 0 atom stereocenters. The quantitative estimate of drug-likeness (QED) is 0.403. The lowest BCUT2D eigenvalue weighted by molar-refractivity contribution is -0.387. The third kappa shape index (κ3) is 4.64. The predicted octanol–water partition coefficient (Wildman–Crippen LogP) is 4.40. The van der Waals surface area contributed by atoms with Gasteiger partial charge < -0.3 is 0 Å². The maximum absolute atomic E-state index is 13.3. The van der Waals surface area contributed by atoms with Crippen LogP contribution in [0.25, 0.3) is 0 Å². The molecule has 6 nitrogen and oxygen atoms in total. The zero-order chi connectivity index (χ0) is 20.1. The average molecular weight is 417 g/mol. The molecule has 2 aromatic carbocycles. The van der Waals surface area contributed by atoms with Crippen molar-refractivity contribution in [2.24, 2.45) is 0 Å². The fourth-order valence-corrected chi connectivity index (χ4v) is 5.46. The lowest BCUT2D eigenvalue weighted by Crippen LogP contribution is -2.32. The van der Waals surface area contributed by atoms with Gasteiger partial charge in [0, 0.05) is 28.9 Å². The number of nitro benzene ring substituents is 1. The van der Waals surface area contributed by atoms with Crippen molar-refractivity contribution in [3.8, 4) is 0 Å². The number of aryl methyl sites for hydroxylation is 1. The van der Waals surface area contributed by atoms with Crippen LogP contribution in [0.4, 0.5) is 5.69 Å².